The number of nitrogens with two attached hydrogens (primary N) is 1. The van der Waals surface area contributed by atoms with Crippen LogP contribution in [0.2, 0.25) is 0 Å². The van der Waals surface area contributed by atoms with Gasteiger partial charge in [0.15, 0.2) is 0 Å². The van der Waals surface area contributed by atoms with Crippen molar-refractivity contribution in [2.45, 2.75) is 56.8 Å². The third-order valence-corrected chi connectivity index (χ3v) is 8.87. The average Bonchev–Trinajstić information content (AvgIpc) is 3.49. The number of thiophene rings is 1. The van der Waals surface area contributed by atoms with Gasteiger partial charge >= 0.3 is 5.97 Å². The van der Waals surface area contributed by atoms with E-state index in [-0.39, 0.29) is 13.2 Å². The molecule has 1 aliphatic heterocycles. The van der Waals surface area contributed by atoms with Crippen LogP contribution in [-0.2, 0) is 19.1 Å². The van der Waals surface area contributed by atoms with Crippen molar-refractivity contribution in [2.24, 2.45) is 11.7 Å². The number of aliphatic hydroxyl groups is 2. The first kappa shape index (κ1) is 33.0. The molecule has 3 rings (SSSR count). The number of carbonyl (C=O) groups excluding carboxylic acids is 2. The fourth-order valence-corrected chi connectivity index (χ4v) is 6.04. The van der Waals surface area contributed by atoms with Gasteiger partial charge < -0.3 is 41.2 Å². The van der Waals surface area contributed by atoms with Gasteiger partial charge in [0.1, 0.15) is 0 Å². The number of ether oxygens (including phenoxy) is 2. The van der Waals surface area contributed by atoms with Gasteiger partial charge in [-0.3, -0.25) is 9.59 Å². The van der Waals surface area contributed by atoms with E-state index in [4.69, 9.17) is 15.2 Å². The number of hydrogen-bond donors (Lipinski definition) is 6. The fourth-order valence-electron chi connectivity index (χ4n) is 4.62. The summed E-state index contributed by atoms with van der Waals surface area (Å²) in [5, 5.41) is 39.2. The molecule has 2 aromatic rings. The Kier molecular flexibility index (Phi) is 12.6. The van der Waals surface area contributed by atoms with Crippen molar-refractivity contribution in [3.05, 3.63) is 47.3 Å². The summed E-state index contributed by atoms with van der Waals surface area (Å²) in [7, 11) is 0. The Morgan fingerprint density at radius 3 is 2.59 bits per heavy atom. The first-order valence-corrected chi connectivity index (χ1v) is 15.5. The lowest BCUT2D eigenvalue weighted by atomic mass is 9.84. The molecule has 2 amide bonds. The predicted octanol–water partition coefficient (Wildman–Crippen LogP) is 1.68. The normalized spacial score (nSPS) is 23.9. The van der Waals surface area contributed by atoms with Crippen LogP contribution in [0.5, 0.6) is 0 Å². The van der Waals surface area contributed by atoms with Crippen LogP contribution in [0, 0.1) is 5.92 Å². The van der Waals surface area contributed by atoms with Crippen molar-refractivity contribution in [1.82, 2.24) is 10.6 Å². The zero-order valence-corrected chi connectivity index (χ0v) is 24.8. The topological polar surface area (TPSA) is 180 Å². The minimum Gasteiger partial charge on any atom is -0.477 e. The molecule has 1 fully saturated rings. The van der Waals surface area contributed by atoms with Crippen molar-refractivity contribution >= 4 is 40.9 Å². The van der Waals surface area contributed by atoms with Crippen molar-refractivity contribution in [1.29, 1.82) is 0 Å². The van der Waals surface area contributed by atoms with E-state index >= 15 is 0 Å². The van der Waals surface area contributed by atoms with Gasteiger partial charge in [0.2, 0.25) is 5.91 Å². The number of carboxylic acids is 1. The third kappa shape index (κ3) is 8.98. The number of aliphatic hydroxyl groups excluding tert-OH is 2. The molecule has 41 heavy (non-hydrogen) atoms. The van der Waals surface area contributed by atoms with Crippen LogP contribution in [0.15, 0.2) is 41.8 Å². The first-order valence-electron chi connectivity index (χ1n) is 13.5. The highest BCUT2D eigenvalue weighted by Crippen LogP contribution is 2.35. The molecule has 13 heteroatoms. The van der Waals surface area contributed by atoms with Crippen LogP contribution in [0.3, 0.4) is 0 Å². The summed E-state index contributed by atoms with van der Waals surface area (Å²) < 4.78 is 11.7. The van der Waals surface area contributed by atoms with Crippen LogP contribution in [0.4, 0.5) is 0 Å². The zero-order valence-electron chi connectivity index (χ0n) is 23.2. The number of benzene rings is 1. The van der Waals surface area contributed by atoms with Crippen LogP contribution in [0.1, 0.15) is 37.0 Å². The van der Waals surface area contributed by atoms with Gasteiger partial charge in [0, 0.05) is 48.5 Å². The fraction of sp³-hybridized carbons (Fsp3) is 0.536. The molecule has 1 aromatic heterocycles. The van der Waals surface area contributed by atoms with E-state index in [0.29, 0.717) is 24.3 Å². The van der Waals surface area contributed by atoms with E-state index < -0.39 is 60.3 Å². The Balaban J connectivity index is 1.67. The molecule has 2 heterocycles. The second-order valence-corrected chi connectivity index (χ2v) is 12.1. The van der Waals surface area contributed by atoms with E-state index in [2.05, 4.69) is 10.6 Å². The Labute approximate surface area is 247 Å². The van der Waals surface area contributed by atoms with E-state index in [1.165, 1.54) is 6.92 Å². The minimum absolute atomic E-state index is 0.0619. The summed E-state index contributed by atoms with van der Waals surface area (Å²) in [6.45, 7) is 3.29. The standard InChI is InChI=1S/C28H39N3O8S2/c1-17(22(34)16-30-26(35)20-8-6-19(7-9-20)23-5-3-13-41-23)25-24(31-18(2)32)21(33)15-28(39-25,27(36)37)38-11-4-12-40-14-10-29/h3,5-9,13,17,21-22,24-25,33-34H,4,10-12,14-16,29H2,1-2H3,(H,30,35)(H,31,32)(H,36,37)/t17-,21+,22-,24-,25?,28-/m1/s1. The number of hydrogen-bond acceptors (Lipinski definition) is 10. The van der Waals surface area contributed by atoms with E-state index in [9.17, 15) is 29.7 Å². The van der Waals surface area contributed by atoms with Gasteiger partial charge in [0.25, 0.3) is 11.7 Å². The molecule has 6 atom stereocenters. The lowest BCUT2D eigenvalue weighted by Gasteiger charge is -2.47. The SMILES string of the molecule is CC(=O)N[C@H]1C([C@H](C)[C@H](O)CNC(=O)c2ccc(-c3cccs3)cc2)O[C@@](OCCCSCCN)(C(=O)O)C[C@@H]1O. The number of carboxylic acid groups (broad SMARTS) is 1. The summed E-state index contributed by atoms with van der Waals surface area (Å²) >= 11 is 3.21. The molecule has 1 saturated heterocycles. The van der Waals surface area contributed by atoms with Crippen molar-refractivity contribution < 1.29 is 39.2 Å². The van der Waals surface area contributed by atoms with Crippen LogP contribution in [-0.4, -0.2) is 94.4 Å². The van der Waals surface area contributed by atoms with Crippen LogP contribution in [0.25, 0.3) is 10.4 Å². The molecule has 1 aromatic carbocycles. The number of amides is 2. The molecule has 0 spiro atoms. The van der Waals surface area contributed by atoms with Gasteiger partial charge in [-0.2, -0.15) is 11.8 Å². The van der Waals surface area contributed by atoms with Crippen LogP contribution >= 0.6 is 23.1 Å². The second-order valence-electron chi connectivity index (χ2n) is 9.93. The van der Waals surface area contributed by atoms with Gasteiger partial charge in [-0.05, 0) is 41.3 Å². The smallest absolute Gasteiger partial charge is 0.364 e. The van der Waals surface area contributed by atoms with Crippen LogP contribution < -0.4 is 16.4 Å². The van der Waals surface area contributed by atoms with E-state index in [0.717, 1.165) is 16.2 Å². The monoisotopic (exact) mass is 609 g/mol. The minimum atomic E-state index is -2.17. The molecule has 1 aliphatic rings. The number of rotatable bonds is 15. The first-order chi connectivity index (χ1) is 19.6. The lowest BCUT2D eigenvalue weighted by molar-refractivity contribution is -0.304. The Bertz CT molecular complexity index is 1130. The highest BCUT2D eigenvalue weighted by atomic mass is 32.2. The lowest BCUT2D eigenvalue weighted by Crippen LogP contribution is -2.66. The van der Waals surface area contributed by atoms with Crippen molar-refractivity contribution in [2.75, 3.05) is 31.2 Å². The summed E-state index contributed by atoms with van der Waals surface area (Å²) in [6.07, 6.45) is -3.54. The molecular formula is C28H39N3O8S2. The maximum atomic E-state index is 12.8. The summed E-state index contributed by atoms with van der Waals surface area (Å²) in [5.74, 6) is -3.77. The Hall–Kier alpha value is -2.52. The molecular weight excluding hydrogens is 570 g/mol. The summed E-state index contributed by atoms with van der Waals surface area (Å²) in [4.78, 5) is 38.1. The Morgan fingerprint density at radius 1 is 1.24 bits per heavy atom. The summed E-state index contributed by atoms with van der Waals surface area (Å²) in [5.41, 5.74) is 6.89. The van der Waals surface area contributed by atoms with Gasteiger partial charge in [0.05, 0.1) is 31.0 Å². The highest BCUT2D eigenvalue weighted by Gasteiger charge is 2.55. The van der Waals surface area contributed by atoms with Gasteiger partial charge in [-0.25, -0.2) is 4.79 Å². The van der Waals surface area contributed by atoms with Crippen molar-refractivity contribution in [3.63, 3.8) is 0 Å². The van der Waals surface area contributed by atoms with Gasteiger partial charge in [-0.15, -0.1) is 11.3 Å². The maximum absolute atomic E-state index is 12.8. The number of thioether (sulfide) groups is 1. The predicted molar refractivity (Wildman–Crippen MR) is 158 cm³/mol. The van der Waals surface area contributed by atoms with Gasteiger partial charge in [-0.1, -0.05) is 25.1 Å². The quantitative estimate of drug-likeness (QED) is 0.163. The molecule has 226 valence electrons. The highest BCUT2D eigenvalue weighted by molar-refractivity contribution is 7.99. The summed E-state index contributed by atoms with van der Waals surface area (Å²) in [6, 6.07) is 10.0. The maximum Gasteiger partial charge on any atom is 0.364 e. The average molecular weight is 610 g/mol. The third-order valence-electron chi connectivity index (χ3n) is 6.85. The molecule has 7 N–H and O–H groups in total. The Morgan fingerprint density at radius 2 is 1.98 bits per heavy atom. The largest absolute Gasteiger partial charge is 0.477 e. The molecule has 0 aliphatic carbocycles. The van der Waals surface area contributed by atoms with E-state index in [1.807, 2.05) is 29.6 Å². The molecule has 0 saturated carbocycles. The molecule has 0 radical (unpaired) electrons. The molecule has 0 bridgehead atoms. The van der Waals surface area contributed by atoms with Crippen molar-refractivity contribution in [3.8, 4) is 10.4 Å². The van der Waals surface area contributed by atoms with E-state index in [1.54, 1.807) is 42.2 Å². The zero-order chi connectivity index (χ0) is 30.0. The number of aliphatic carboxylic acids is 1. The number of carbonyl (C=O) groups is 3. The number of nitrogens with one attached hydrogen (secondary N) is 2. The second kappa shape index (κ2) is 15.6. The molecule has 11 nitrogen and oxygen atoms in total. The molecule has 1 unspecified atom stereocenters.